The van der Waals surface area contributed by atoms with E-state index >= 15 is 0 Å². The zero-order valence-electron chi connectivity index (χ0n) is 10.1. The van der Waals surface area contributed by atoms with Gasteiger partial charge in [-0.3, -0.25) is 4.79 Å². The fourth-order valence-electron chi connectivity index (χ4n) is 1.35. The van der Waals surface area contributed by atoms with Crippen LogP contribution in [-0.2, 0) is 16.6 Å². The van der Waals surface area contributed by atoms with Gasteiger partial charge >= 0.3 is 0 Å². The molecule has 6 nitrogen and oxygen atoms in total. The van der Waals surface area contributed by atoms with Crippen LogP contribution in [0, 0.1) is 0 Å². The van der Waals surface area contributed by atoms with E-state index in [4.69, 9.17) is 5.73 Å². The topological polar surface area (TPSA) is 101 Å². The molecule has 1 amide bonds. The number of nitrogens with one attached hydrogen (secondary N) is 2. The first-order valence-electron chi connectivity index (χ1n) is 5.44. The Morgan fingerprint density at radius 2 is 2.06 bits per heavy atom. The van der Waals surface area contributed by atoms with Crippen molar-refractivity contribution < 1.29 is 13.2 Å². The van der Waals surface area contributed by atoms with E-state index in [1.165, 1.54) is 0 Å². The van der Waals surface area contributed by atoms with Gasteiger partial charge in [0, 0.05) is 25.2 Å². The highest BCUT2D eigenvalue weighted by Crippen LogP contribution is 2.04. The molecule has 0 atom stereocenters. The van der Waals surface area contributed by atoms with Crippen LogP contribution >= 0.6 is 0 Å². The molecule has 0 fully saturated rings. The summed E-state index contributed by atoms with van der Waals surface area (Å²) in [7, 11) is -3.22. The summed E-state index contributed by atoms with van der Waals surface area (Å²) >= 11 is 0. The van der Waals surface area contributed by atoms with E-state index in [1.54, 1.807) is 18.2 Å². The normalized spacial score (nSPS) is 11.2. The van der Waals surface area contributed by atoms with Gasteiger partial charge in [0.15, 0.2) is 0 Å². The molecule has 0 aliphatic rings. The van der Waals surface area contributed by atoms with Gasteiger partial charge < -0.3 is 11.1 Å². The Hall–Kier alpha value is -1.44. The Balaban J connectivity index is 2.45. The van der Waals surface area contributed by atoms with E-state index in [9.17, 15) is 13.2 Å². The van der Waals surface area contributed by atoms with Gasteiger partial charge in [0.25, 0.3) is 5.91 Å². The number of hydrogen-bond acceptors (Lipinski definition) is 4. The monoisotopic (exact) mass is 271 g/mol. The second kappa shape index (κ2) is 6.48. The van der Waals surface area contributed by atoms with Gasteiger partial charge in [-0.1, -0.05) is 12.1 Å². The van der Waals surface area contributed by atoms with Crippen molar-refractivity contribution in [3.8, 4) is 0 Å². The third-order valence-corrected chi connectivity index (χ3v) is 2.93. The van der Waals surface area contributed by atoms with E-state index in [0.29, 0.717) is 12.1 Å². The lowest BCUT2D eigenvalue weighted by atomic mass is 10.1. The molecule has 0 unspecified atom stereocenters. The van der Waals surface area contributed by atoms with Crippen molar-refractivity contribution in [2.75, 3.05) is 19.3 Å². The van der Waals surface area contributed by atoms with Crippen LogP contribution in [0.15, 0.2) is 24.3 Å². The maximum Gasteiger partial charge on any atom is 0.251 e. The third kappa shape index (κ3) is 5.26. The first-order chi connectivity index (χ1) is 8.42. The van der Waals surface area contributed by atoms with Gasteiger partial charge in [-0.2, -0.15) is 0 Å². The molecule has 0 heterocycles. The van der Waals surface area contributed by atoms with Crippen LogP contribution in [0.2, 0.25) is 0 Å². The van der Waals surface area contributed by atoms with Crippen molar-refractivity contribution >= 4 is 15.9 Å². The Labute approximate surface area is 107 Å². The molecule has 0 aliphatic heterocycles. The Morgan fingerprint density at radius 1 is 1.33 bits per heavy atom. The smallest absolute Gasteiger partial charge is 0.251 e. The van der Waals surface area contributed by atoms with Crippen molar-refractivity contribution in [1.29, 1.82) is 0 Å². The summed E-state index contributed by atoms with van der Waals surface area (Å²) < 4.78 is 23.9. The van der Waals surface area contributed by atoms with Crippen LogP contribution in [0.1, 0.15) is 15.9 Å². The number of nitrogens with two attached hydrogens (primary N) is 1. The molecule has 100 valence electrons. The summed E-state index contributed by atoms with van der Waals surface area (Å²) in [6.07, 6.45) is 1.07. The highest BCUT2D eigenvalue weighted by atomic mass is 32.2. The molecule has 0 aromatic heterocycles. The van der Waals surface area contributed by atoms with Crippen LogP contribution in [0.3, 0.4) is 0 Å². The molecule has 0 bridgehead atoms. The van der Waals surface area contributed by atoms with Crippen LogP contribution in [0.4, 0.5) is 0 Å². The van der Waals surface area contributed by atoms with Crippen LogP contribution in [-0.4, -0.2) is 33.7 Å². The highest BCUT2D eigenvalue weighted by molar-refractivity contribution is 7.88. The fourth-order valence-corrected chi connectivity index (χ4v) is 1.83. The number of amides is 1. The van der Waals surface area contributed by atoms with E-state index in [-0.39, 0.29) is 19.0 Å². The summed E-state index contributed by atoms with van der Waals surface area (Å²) in [6.45, 7) is 0.774. The maximum absolute atomic E-state index is 11.7. The lowest BCUT2D eigenvalue weighted by Crippen LogP contribution is -2.34. The number of rotatable bonds is 6. The molecular weight excluding hydrogens is 254 g/mol. The minimum atomic E-state index is -3.22. The molecule has 1 aromatic rings. The van der Waals surface area contributed by atoms with Crippen molar-refractivity contribution in [3.05, 3.63) is 35.4 Å². The third-order valence-electron chi connectivity index (χ3n) is 2.20. The maximum atomic E-state index is 11.7. The van der Waals surface area contributed by atoms with Gasteiger partial charge in [-0.15, -0.1) is 0 Å². The summed E-state index contributed by atoms with van der Waals surface area (Å²) in [6, 6.07) is 6.98. The largest absolute Gasteiger partial charge is 0.351 e. The van der Waals surface area contributed by atoms with Crippen LogP contribution < -0.4 is 15.8 Å². The molecule has 0 saturated heterocycles. The number of sulfonamides is 1. The van der Waals surface area contributed by atoms with Crippen molar-refractivity contribution in [2.24, 2.45) is 5.73 Å². The molecule has 7 heteroatoms. The fraction of sp³-hybridized carbons (Fsp3) is 0.364. The lowest BCUT2D eigenvalue weighted by molar-refractivity contribution is 0.0954. The molecule has 1 aromatic carbocycles. The second-order valence-electron chi connectivity index (χ2n) is 3.83. The van der Waals surface area contributed by atoms with Gasteiger partial charge in [0.05, 0.1) is 6.26 Å². The van der Waals surface area contributed by atoms with Crippen molar-refractivity contribution in [2.45, 2.75) is 6.54 Å². The number of carbonyl (C=O) groups is 1. The predicted molar refractivity (Wildman–Crippen MR) is 69.5 cm³/mol. The molecule has 1 rings (SSSR count). The first-order valence-corrected chi connectivity index (χ1v) is 7.33. The molecule has 0 aliphatic carbocycles. The van der Waals surface area contributed by atoms with E-state index < -0.39 is 10.0 Å². The van der Waals surface area contributed by atoms with Crippen LogP contribution in [0.25, 0.3) is 0 Å². The predicted octanol–water partition coefficient (Wildman–Crippen LogP) is -0.576. The molecule has 0 saturated carbocycles. The number of benzene rings is 1. The molecule has 4 N–H and O–H groups in total. The van der Waals surface area contributed by atoms with Crippen molar-refractivity contribution in [3.63, 3.8) is 0 Å². The summed E-state index contributed by atoms with van der Waals surface area (Å²) in [5.41, 5.74) is 6.86. The summed E-state index contributed by atoms with van der Waals surface area (Å²) in [4.78, 5) is 11.7. The zero-order valence-corrected chi connectivity index (χ0v) is 11.0. The standard InChI is InChI=1S/C11H17N3O3S/c1-18(16,17)14-6-5-13-11(15)10-4-2-3-9(7-10)8-12/h2-4,7,14H,5-6,8,12H2,1H3,(H,13,15). The first kappa shape index (κ1) is 14.6. The Bertz CT molecular complexity index is 514. The molecule has 18 heavy (non-hydrogen) atoms. The second-order valence-corrected chi connectivity index (χ2v) is 5.66. The summed E-state index contributed by atoms with van der Waals surface area (Å²) in [5.74, 6) is -0.249. The Morgan fingerprint density at radius 3 is 2.67 bits per heavy atom. The van der Waals surface area contributed by atoms with E-state index in [2.05, 4.69) is 10.0 Å². The van der Waals surface area contributed by atoms with Gasteiger partial charge in [-0.05, 0) is 17.7 Å². The van der Waals surface area contributed by atoms with Gasteiger partial charge in [0.1, 0.15) is 0 Å². The average molecular weight is 271 g/mol. The van der Waals surface area contributed by atoms with Gasteiger partial charge in [-0.25, -0.2) is 13.1 Å². The quantitative estimate of drug-likeness (QED) is 0.603. The van der Waals surface area contributed by atoms with E-state index in [1.807, 2.05) is 6.07 Å². The molecule has 0 spiro atoms. The minimum absolute atomic E-state index is 0.168. The Kier molecular flexibility index (Phi) is 5.26. The highest BCUT2D eigenvalue weighted by Gasteiger charge is 2.05. The lowest BCUT2D eigenvalue weighted by Gasteiger charge is -2.06. The average Bonchev–Trinajstić information content (AvgIpc) is 2.33. The number of carbonyl (C=O) groups excluding carboxylic acids is 1. The van der Waals surface area contributed by atoms with Crippen LogP contribution in [0.5, 0.6) is 0 Å². The summed E-state index contributed by atoms with van der Waals surface area (Å²) in [5, 5.41) is 2.62. The minimum Gasteiger partial charge on any atom is -0.351 e. The number of hydrogen-bond donors (Lipinski definition) is 3. The van der Waals surface area contributed by atoms with Crippen molar-refractivity contribution in [1.82, 2.24) is 10.0 Å². The molecule has 0 radical (unpaired) electrons. The van der Waals surface area contributed by atoms with E-state index in [0.717, 1.165) is 11.8 Å². The zero-order chi connectivity index (χ0) is 13.6. The molecular formula is C11H17N3O3S. The van der Waals surface area contributed by atoms with Gasteiger partial charge in [0.2, 0.25) is 10.0 Å². The SMILES string of the molecule is CS(=O)(=O)NCCNC(=O)c1cccc(CN)c1.